The molecule has 1 nitrogen and oxygen atoms in total. The van der Waals surface area contributed by atoms with Gasteiger partial charge in [0.2, 0.25) is 0 Å². The van der Waals surface area contributed by atoms with Gasteiger partial charge >= 0.3 is 0 Å². The van der Waals surface area contributed by atoms with Crippen LogP contribution in [0.5, 0.6) is 5.75 Å². The van der Waals surface area contributed by atoms with E-state index in [1.54, 1.807) is 0 Å². The summed E-state index contributed by atoms with van der Waals surface area (Å²) in [5.41, 5.74) is 0. The Labute approximate surface area is 81.9 Å². The predicted molar refractivity (Wildman–Crippen MR) is 54.9 cm³/mol. The Balaban J connectivity index is 2.53. The van der Waals surface area contributed by atoms with E-state index in [1.165, 1.54) is 0 Å². The summed E-state index contributed by atoms with van der Waals surface area (Å²) in [6.45, 7) is 4.13. The van der Waals surface area contributed by atoms with Crippen LogP contribution in [-0.4, -0.2) is 10.9 Å². The van der Waals surface area contributed by atoms with Gasteiger partial charge in [0.05, 0.1) is 0 Å². The van der Waals surface area contributed by atoms with E-state index in [9.17, 15) is 0 Å². The molecule has 0 amide bonds. The van der Waals surface area contributed by atoms with Crippen molar-refractivity contribution in [1.82, 2.24) is 0 Å². The maximum Gasteiger partial charge on any atom is 0.119 e. The Morgan fingerprint density at radius 2 is 1.75 bits per heavy atom. The fourth-order valence-electron chi connectivity index (χ4n) is 0.807. The van der Waals surface area contributed by atoms with E-state index in [4.69, 9.17) is 4.74 Å². The fourth-order valence-corrected chi connectivity index (χ4v) is 0.915. The molecule has 0 bridgehead atoms. The molecule has 0 saturated carbocycles. The maximum absolute atomic E-state index is 5.63. The predicted octanol–water partition coefficient (Wildman–Crippen LogP) is 3.24. The van der Waals surface area contributed by atoms with E-state index in [-0.39, 0.29) is 6.10 Å². The highest BCUT2D eigenvalue weighted by Crippen LogP contribution is 2.15. The first kappa shape index (κ1) is 9.59. The van der Waals surface area contributed by atoms with Crippen molar-refractivity contribution in [3.8, 4) is 5.75 Å². The second kappa shape index (κ2) is 4.51. The molecule has 2 heteroatoms. The quantitative estimate of drug-likeness (QED) is 0.723. The first-order valence-corrected chi connectivity index (χ1v) is 4.97. The van der Waals surface area contributed by atoms with E-state index in [2.05, 4.69) is 22.9 Å². The number of hydrogen-bond donors (Lipinski definition) is 0. The van der Waals surface area contributed by atoms with Crippen LogP contribution < -0.4 is 4.74 Å². The number of rotatable bonds is 3. The lowest BCUT2D eigenvalue weighted by Gasteiger charge is -2.16. The van der Waals surface area contributed by atoms with Crippen molar-refractivity contribution in [3.05, 3.63) is 30.3 Å². The molecule has 1 aromatic rings. The SMILES string of the molecule is CC(Br)C(C)Oc1ccccc1. The molecule has 66 valence electrons. The number of para-hydroxylation sites is 1. The average Bonchev–Trinajstić information content (AvgIpc) is 2.06. The second-order valence-corrected chi connectivity index (χ2v) is 4.26. The summed E-state index contributed by atoms with van der Waals surface area (Å²) in [6, 6.07) is 9.86. The molecule has 2 unspecified atom stereocenters. The van der Waals surface area contributed by atoms with Crippen molar-refractivity contribution >= 4 is 15.9 Å². The summed E-state index contributed by atoms with van der Waals surface area (Å²) in [4.78, 5) is 0.373. The van der Waals surface area contributed by atoms with Crippen LogP contribution in [0.1, 0.15) is 13.8 Å². The molecule has 0 heterocycles. The first-order chi connectivity index (χ1) is 5.70. The molecule has 0 N–H and O–H groups in total. The van der Waals surface area contributed by atoms with Crippen molar-refractivity contribution in [2.75, 3.05) is 0 Å². The molecule has 2 atom stereocenters. The normalized spacial score (nSPS) is 15.2. The van der Waals surface area contributed by atoms with E-state index < -0.39 is 0 Å². The smallest absolute Gasteiger partial charge is 0.119 e. The summed E-state index contributed by atoms with van der Waals surface area (Å²) in [5.74, 6) is 0.927. The summed E-state index contributed by atoms with van der Waals surface area (Å²) in [6.07, 6.45) is 0.201. The summed E-state index contributed by atoms with van der Waals surface area (Å²) >= 11 is 3.47. The Morgan fingerprint density at radius 1 is 1.17 bits per heavy atom. The third-order valence-electron chi connectivity index (χ3n) is 1.71. The van der Waals surface area contributed by atoms with E-state index in [1.807, 2.05) is 37.3 Å². The van der Waals surface area contributed by atoms with E-state index in [0.717, 1.165) is 5.75 Å². The van der Waals surface area contributed by atoms with Crippen LogP contribution in [0, 0.1) is 0 Å². The van der Waals surface area contributed by atoms with Crippen LogP contribution in [0.3, 0.4) is 0 Å². The van der Waals surface area contributed by atoms with Gasteiger partial charge in [-0.1, -0.05) is 34.1 Å². The van der Waals surface area contributed by atoms with Gasteiger partial charge < -0.3 is 4.74 Å². The highest BCUT2D eigenvalue weighted by Gasteiger charge is 2.08. The molecular formula is C10H13BrO. The third kappa shape index (κ3) is 2.86. The van der Waals surface area contributed by atoms with Crippen molar-refractivity contribution < 1.29 is 4.74 Å². The van der Waals surface area contributed by atoms with Gasteiger partial charge in [0.25, 0.3) is 0 Å². The molecule has 0 saturated heterocycles. The van der Waals surface area contributed by atoms with Gasteiger partial charge in [0.1, 0.15) is 11.9 Å². The van der Waals surface area contributed by atoms with Gasteiger partial charge in [-0.15, -0.1) is 0 Å². The minimum absolute atomic E-state index is 0.201. The lowest BCUT2D eigenvalue weighted by molar-refractivity contribution is 0.225. The molecule has 0 aliphatic rings. The van der Waals surface area contributed by atoms with Crippen LogP contribution in [0.2, 0.25) is 0 Å². The number of hydrogen-bond acceptors (Lipinski definition) is 1. The summed E-state index contributed by atoms with van der Waals surface area (Å²) in [7, 11) is 0. The Bertz CT molecular complexity index is 221. The summed E-state index contributed by atoms with van der Waals surface area (Å²) in [5, 5.41) is 0. The minimum Gasteiger partial charge on any atom is -0.490 e. The standard InChI is InChI=1S/C10H13BrO/c1-8(11)9(2)12-10-6-4-3-5-7-10/h3-9H,1-2H3. The van der Waals surface area contributed by atoms with Gasteiger partial charge in [-0.25, -0.2) is 0 Å². The summed E-state index contributed by atoms with van der Waals surface area (Å²) < 4.78 is 5.63. The van der Waals surface area contributed by atoms with Crippen molar-refractivity contribution in [3.63, 3.8) is 0 Å². The van der Waals surface area contributed by atoms with Gasteiger partial charge in [-0.2, -0.15) is 0 Å². The third-order valence-corrected chi connectivity index (χ3v) is 2.46. The molecule has 0 aliphatic carbocycles. The van der Waals surface area contributed by atoms with Gasteiger partial charge in [-0.05, 0) is 26.0 Å². The first-order valence-electron chi connectivity index (χ1n) is 4.06. The van der Waals surface area contributed by atoms with Crippen LogP contribution in [0.15, 0.2) is 30.3 Å². The van der Waals surface area contributed by atoms with Crippen molar-refractivity contribution in [2.24, 2.45) is 0 Å². The zero-order valence-electron chi connectivity index (χ0n) is 7.33. The monoisotopic (exact) mass is 228 g/mol. The molecule has 12 heavy (non-hydrogen) atoms. The topological polar surface area (TPSA) is 9.23 Å². The largest absolute Gasteiger partial charge is 0.490 e. The molecule has 0 radical (unpaired) electrons. The van der Waals surface area contributed by atoms with Crippen molar-refractivity contribution in [1.29, 1.82) is 0 Å². The van der Waals surface area contributed by atoms with E-state index in [0.29, 0.717) is 4.83 Å². The highest BCUT2D eigenvalue weighted by molar-refractivity contribution is 9.09. The zero-order chi connectivity index (χ0) is 8.97. The highest BCUT2D eigenvalue weighted by atomic mass is 79.9. The molecule has 0 aromatic heterocycles. The molecule has 1 rings (SSSR count). The zero-order valence-corrected chi connectivity index (χ0v) is 8.91. The Morgan fingerprint density at radius 3 is 2.25 bits per heavy atom. The molecule has 0 spiro atoms. The number of ether oxygens (including phenoxy) is 1. The fraction of sp³-hybridized carbons (Fsp3) is 0.400. The lowest BCUT2D eigenvalue weighted by Crippen LogP contribution is -2.20. The second-order valence-electron chi connectivity index (χ2n) is 2.81. The van der Waals surface area contributed by atoms with Gasteiger partial charge in [0, 0.05) is 4.83 Å². The van der Waals surface area contributed by atoms with E-state index >= 15 is 0 Å². The van der Waals surface area contributed by atoms with Gasteiger partial charge in [0.15, 0.2) is 0 Å². The average molecular weight is 229 g/mol. The number of halogens is 1. The van der Waals surface area contributed by atoms with Gasteiger partial charge in [-0.3, -0.25) is 0 Å². The van der Waals surface area contributed by atoms with Crippen LogP contribution in [0.4, 0.5) is 0 Å². The van der Waals surface area contributed by atoms with Crippen LogP contribution in [0.25, 0.3) is 0 Å². The lowest BCUT2D eigenvalue weighted by atomic mass is 10.3. The minimum atomic E-state index is 0.201. The van der Waals surface area contributed by atoms with Crippen LogP contribution in [-0.2, 0) is 0 Å². The Kier molecular flexibility index (Phi) is 3.60. The number of alkyl halides is 1. The molecule has 1 aromatic carbocycles. The maximum atomic E-state index is 5.63. The number of benzene rings is 1. The molecule has 0 fully saturated rings. The van der Waals surface area contributed by atoms with Crippen molar-refractivity contribution in [2.45, 2.75) is 24.8 Å². The molecule has 0 aliphatic heterocycles. The van der Waals surface area contributed by atoms with Crippen LogP contribution >= 0.6 is 15.9 Å². The molecular weight excluding hydrogens is 216 g/mol. The Hall–Kier alpha value is -0.500.